The first-order valence-corrected chi connectivity index (χ1v) is 5.47. The summed E-state index contributed by atoms with van der Waals surface area (Å²) in [6, 6.07) is 0.437. The molecule has 4 heteroatoms. The number of piperazine rings is 1. The zero-order valence-corrected chi connectivity index (χ0v) is 9.98. The van der Waals surface area contributed by atoms with Crippen LogP contribution in [0.25, 0.3) is 0 Å². The highest BCUT2D eigenvalue weighted by molar-refractivity contribution is 5.88. The van der Waals surface area contributed by atoms with Gasteiger partial charge in [-0.15, -0.1) is 12.4 Å². The second-order valence-electron chi connectivity index (χ2n) is 4.30. The van der Waals surface area contributed by atoms with E-state index in [2.05, 4.69) is 12.2 Å². The highest BCUT2D eigenvalue weighted by atomic mass is 35.5. The Morgan fingerprint density at radius 3 is 2.80 bits per heavy atom. The average molecular weight is 231 g/mol. The fraction of sp³-hybridized carbons (Fsp3) is 0.727. The lowest BCUT2D eigenvalue weighted by Gasteiger charge is -2.31. The molecular weight excluding hydrogens is 212 g/mol. The Kier molecular flexibility index (Phi) is 4.61. The van der Waals surface area contributed by atoms with Crippen molar-refractivity contribution in [3.8, 4) is 0 Å². The van der Waals surface area contributed by atoms with Crippen LogP contribution < -0.4 is 5.32 Å². The van der Waals surface area contributed by atoms with Crippen molar-refractivity contribution in [2.75, 3.05) is 19.6 Å². The van der Waals surface area contributed by atoms with Crippen LogP contribution in [0.4, 0.5) is 0 Å². The molecule has 1 aliphatic heterocycles. The molecule has 1 saturated heterocycles. The van der Waals surface area contributed by atoms with Gasteiger partial charge in [0.25, 0.3) is 0 Å². The topological polar surface area (TPSA) is 32.3 Å². The number of hydrogen-bond acceptors (Lipinski definition) is 2. The van der Waals surface area contributed by atoms with Gasteiger partial charge in [0.2, 0.25) is 5.91 Å². The van der Waals surface area contributed by atoms with E-state index in [1.807, 2.05) is 11.0 Å². The van der Waals surface area contributed by atoms with Gasteiger partial charge >= 0.3 is 0 Å². The molecule has 2 aliphatic rings. The summed E-state index contributed by atoms with van der Waals surface area (Å²) in [7, 11) is 0. The molecule has 0 aromatic rings. The second-order valence-corrected chi connectivity index (χ2v) is 4.30. The Hall–Kier alpha value is -0.540. The largest absolute Gasteiger partial charge is 0.336 e. The molecule has 2 fully saturated rings. The molecule has 1 N–H and O–H groups in total. The Labute approximate surface area is 97.3 Å². The zero-order valence-electron chi connectivity index (χ0n) is 9.16. The van der Waals surface area contributed by atoms with Gasteiger partial charge in [-0.1, -0.05) is 5.57 Å². The van der Waals surface area contributed by atoms with Gasteiger partial charge in [0.15, 0.2) is 0 Å². The number of rotatable bonds is 1. The molecule has 86 valence electrons. The lowest BCUT2D eigenvalue weighted by Crippen LogP contribution is -2.51. The van der Waals surface area contributed by atoms with Crippen molar-refractivity contribution in [3.63, 3.8) is 0 Å². The van der Waals surface area contributed by atoms with E-state index in [9.17, 15) is 4.79 Å². The summed E-state index contributed by atoms with van der Waals surface area (Å²) in [5, 5.41) is 3.33. The average Bonchev–Trinajstić information content (AvgIpc) is 2.11. The summed E-state index contributed by atoms with van der Waals surface area (Å²) >= 11 is 0. The van der Waals surface area contributed by atoms with E-state index in [4.69, 9.17) is 0 Å². The molecule has 0 aromatic heterocycles. The first kappa shape index (κ1) is 12.5. The number of nitrogens with zero attached hydrogens (tertiary/aromatic N) is 1. The normalized spacial score (nSPS) is 25.3. The third-order valence-electron chi connectivity index (χ3n) is 3.00. The predicted octanol–water partition coefficient (Wildman–Crippen LogP) is 1.34. The van der Waals surface area contributed by atoms with Crippen molar-refractivity contribution in [1.29, 1.82) is 0 Å². The van der Waals surface area contributed by atoms with Gasteiger partial charge in [-0.3, -0.25) is 4.79 Å². The molecule has 1 amide bonds. The molecular formula is C11H19ClN2O. The molecule has 15 heavy (non-hydrogen) atoms. The fourth-order valence-electron chi connectivity index (χ4n) is 1.92. The summed E-state index contributed by atoms with van der Waals surface area (Å²) < 4.78 is 0. The van der Waals surface area contributed by atoms with Crippen LogP contribution in [0.2, 0.25) is 0 Å². The van der Waals surface area contributed by atoms with Gasteiger partial charge in [-0.2, -0.15) is 0 Å². The van der Waals surface area contributed by atoms with E-state index in [-0.39, 0.29) is 18.3 Å². The minimum absolute atomic E-state index is 0. The molecule has 0 aromatic carbocycles. The van der Waals surface area contributed by atoms with Crippen molar-refractivity contribution < 1.29 is 4.79 Å². The number of halogens is 1. The van der Waals surface area contributed by atoms with Gasteiger partial charge in [0, 0.05) is 31.8 Å². The lowest BCUT2D eigenvalue weighted by atomic mass is 9.92. The van der Waals surface area contributed by atoms with Gasteiger partial charge in [-0.25, -0.2) is 0 Å². The predicted molar refractivity (Wildman–Crippen MR) is 63.2 cm³/mol. The lowest BCUT2D eigenvalue weighted by molar-refractivity contribution is -0.127. The van der Waals surface area contributed by atoms with E-state index in [1.165, 1.54) is 12.0 Å². The van der Waals surface area contributed by atoms with E-state index >= 15 is 0 Å². The van der Waals surface area contributed by atoms with E-state index < -0.39 is 0 Å². The molecule has 1 aliphatic carbocycles. The van der Waals surface area contributed by atoms with Gasteiger partial charge < -0.3 is 10.2 Å². The van der Waals surface area contributed by atoms with Crippen molar-refractivity contribution in [3.05, 3.63) is 11.6 Å². The summed E-state index contributed by atoms with van der Waals surface area (Å²) in [6.07, 6.45) is 5.37. The first-order chi connectivity index (χ1) is 6.75. The SMILES string of the molecule is CC1CN(C(=O)C=C2CCC2)CCN1.Cl. The maximum atomic E-state index is 11.8. The third-order valence-corrected chi connectivity index (χ3v) is 3.00. The maximum Gasteiger partial charge on any atom is 0.246 e. The zero-order chi connectivity index (χ0) is 9.97. The summed E-state index contributed by atoms with van der Waals surface area (Å²) in [5.41, 5.74) is 1.33. The minimum atomic E-state index is 0. The van der Waals surface area contributed by atoms with Crippen LogP contribution in [0.3, 0.4) is 0 Å². The molecule has 1 heterocycles. The van der Waals surface area contributed by atoms with Gasteiger partial charge in [0.1, 0.15) is 0 Å². The van der Waals surface area contributed by atoms with Gasteiger partial charge in [-0.05, 0) is 26.2 Å². The molecule has 1 unspecified atom stereocenters. The third kappa shape index (κ3) is 3.21. The maximum absolute atomic E-state index is 11.8. The summed E-state index contributed by atoms with van der Waals surface area (Å²) in [6.45, 7) is 4.75. The summed E-state index contributed by atoms with van der Waals surface area (Å²) in [5.74, 6) is 0.216. The van der Waals surface area contributed by atoms with Crippen LogP contribution in [0, 0.1) is 0 Å². The Morgan fingerprint density at radius 1 is 1.53 bits per heavy atom. The van der Waals surface area contributed by atoms with Crippen molar-refractivity contribution >= 4 is 18.3 Å². The van der Waals surface area contributed by atoms with Crippen molar-refractivity contribution in [2.45, 2.75) is 32.2 Å². The van der Waals surface area contributed by atoms with Crippen LogP contribution in [0.15, 0.2) is 11.6 Å². The van der Waals surface area contributed by atoms with Crippen LogP contribution in [0.5, 0.6) is 0 Å². The Balaban J connectivity index is 0.00000112. The highest BCUT2D eigenvalue weighted by Crippen LogP contribution is 2.25. The number of amides is 1. The monoisotopic (exact) mass is 230 g/mol. The first-order valence-electron chi connectivity index (χ1n) is 5.47. The quantitative estimate of drug-likeness (QED) is 0.690. The number of hydrogen-bond donors (Lipinski definition) is 1. The highest BCUT2D eigenvalue weighted by Gasteiger charge is 2.20. The summed E-state index contributed by atoms with van der Waals surface area (Å²) in [4.78, 5) is 13.7. The smallest absolute Gasteiger partial charge is 0.246 e. The van der Waals surface area contributed by atoms with Crippen molar-refractivity contribution in [1.82, 2.24) is 10.2 Å². The Morgan fingerprint density at radius 2 is 2.27 bits per heavy atom. The Bertz CT molecular complexity index is 259. The van der Waals surface area contributed by atoms with Crippen LogP contribution in [0.1, 0.15) is 26.2 Å². The molecule has 1 saturated carbocycles. The van der Waals surface area contributed by atoms with Gasteiger partial charge in [0.05, 0.1) is 0 Å². The molecule has 0 bridgehead atoms. The standard InChI is InChI=1S/C11H18N2O.ClH/c1-9-8-13(6-5-12-9)11(14)7-10-3-2-4-10;/h7,9,12H,2-6,8H2,1H3;1H. The number of nitrogens with one attached hydrogen (secondary N) is 1. The molecule has 2 rings (SSSR count). The minimum Gasteiger partial charge on any atom is -0.336 e. The second kappa shape index (κ2) is 5.52. The number of carbonyl (C=O) groups excluding carboxylic acids is 1. The molecule has 3 nitrogen and oxygen atoms in total. The van der Waals surface area contributed by atoms with Crippen LogP contribution in [-0.2, 0) is 4.79 Å². The van der Waals surface area contributed by atoms with Crippen LogP contribution in [-0.4, -0.2) is 36.5 Å². The molecule has 1 atom stereocenters. The van der Waals surface area contributed by atoms with E-state index in [1.54, 1.807) is 0 Å². The van der Waals surface area contributed by atoms with E-state index in [0.29, 0.717) is 6.04 Å². The molecule has 0 radical (unpaired) electrons. The fourth-order valence-corrected chi connectivity index (χ4v) is 1.92. The number of carbonyl (C=O) groups is 1. The molecule has 0 spiro atoms. The number of allylic oxidation sites excluding steroid dienone is 1. The van der Waals surface area contributed by atoms with Crippen molar-refractivity contribution in [2.24, 2.45) is 0 Å². The van der Waals surface area contributed by atoms with E-state index in [0.717, 1.165) is 32.5 Å². The van der Waals surface area contributed by atoms with Crippen LogP contribution >= 0.6 is 12.4 Å².